The molecule has 0 saturated carbocycles. The first-order valence-electron chi connectivity index (χ1n) is 6.92. The third kappa shape index (κ3) is 3.07. The summed E-state index contributed by atoms with van der Waals surface area (Å²) in [6.07, 6.45) is 0. The lowest BCUT2D eigenvalue weighted by atomic mass is 10.1. The van der Waals surface area contributed by atoms with Gasteiger partial charge < -0.3 is 14.8 Å². The molecule has 1 N–H and O–H groups in total. The van der Waals surface area contributed by atoms with Crippen molar-refractivity contribution in [1.29, 1.82) is 0 Å². The molecule has 0 atom stereocenters. The fourth-order valence-electron chi connectivity index (χ4n) is 2.08. The number of rotatable bonds is 5. The number of aryl methyl sites for hydroxylation is 2. The van der Waals surface area contributed by atoms with E-state index in [9.17, 15) is 0 Å². The third-order valence-corrected chi connectivity index (χ3v) is 3.31. The number of hydrogen-bond acceptors (Lipinski definition) is 5. The maximum absolute atomic E-state index is 5.45. The van der Waals surface area contributed by atoms with Crippen molar-refractivity contribution in [1.82, 2.24) is 9.97 Å². The summed E-state index contributed by atoms with van der Waals surface area (Å²) in [7, 11) is 3.29. The molecule has 2 aromatic rings. The Morgan fingerprint density at radius 3 is 2.38 bits per heavy atom. The van der Waals surface area contributed by atoms with Gasteiger partial charge in [0.1, 0.15) is 17.2 Å². The molecule has 0 spiro atoms. The molecule has 0 radical (unpaired) electrons. The number of aromatic nitrogens is 2. The van der Waals surface area contributed by atoms with E-state index >= 15 is 0 Å². The van der Waals surface area contributed by atoms with Gasteiger partial charge >= 0.3 is 0 Å². The van der Waals surface area contributed by atoms with Gasteiger partial charge in [-0.15, -0.1) is 0 Å². The summed E-state index contributed by atoms with van der Waals surface area (Å²) in [6, 6.07) is 5.66. The van der Waals surface area contributed by atoms with Crippen LogP contribution in [-0.4, -0.2) is 30.7 Å². The minimum atomic E-state index is 0.743. The average Bonchev–Trinajstić information content (AvgIpc) is 2.50. The highest BCUT2D eigenvalue weighted by Crippen LogP contribution is 2.35. The Balaban J connectivity index is 2.67. The number of ether oxygens (including phenoxy) is 2. The Kier molecular flexibility index (Phi) is 4.62. The van der Waals surface area contributed by atoms with Gasteiger partial charge in [-0.3, -0.25) is 0 Å². The molecule has 0 bridgehead atoms. The second kappa shape index (κ2) is 6.43. The molecule has 5 heteroatoms. The molecule has 5 nitrogen and oxygen atoms in total. The fourth-order valence-corrected chi connectivity index (χ4v) is 2.08. The number of nitrogens with one attached hydrogen (secondary N) is 1. The Labute approximate surface area is 125 Å². The molecule has 1 heterocycles. The van der Waals surface area contributed by atoms with Crippen molar-refractivity contribution >= 4 is 5.82 Å². The number of methoxy groups -OCH3 is 2. The Morgan fingerprint density at radius 2 is 1.76 bits per heavy atom. The number of hydrogen-bond donors (Lipinski definition) is 1. The van der Waals surface area contributed by atoms with Crippen LogP contribution in [0.25, 0.3) is 11.3 Å². The van der Waals surface area contributed by atoms with Crippen molar-refractivity contribution in [3.05, 3.63) is 29.6 Å². The lowest BCUT2D eigenvalue weighted by Crippen LogP contribution is -2.06. The van der Waals surface area contributed by atoms with Crippen LogP contribution in [0.15, 0.2) is 18.2 Å². The Morgan fingerprint density at radius 1 is 1.05 bits per heavy atom. The van der Waals surface area contributed by atoms with Gasteiger partial charge in [0.05, 0.1) is 25.6 Å². The molecule has 0 fully saturated rings. The van der Waals surface area contributed by atoms with Gasteiger partial charge in [0.25, 0.3) is 0 Å². The van der Waals surface area contributed by atoms with Crippen molar-refractivity contribution in [3.63, 3.8) is 0 Å². The summed E-state index contributed by atoms with van der Waals surface area (Å²) in [5.74, 6) is 2.26. The lowest BCUT2D eigenvalue weighted by Gasteiger charge is -2.15. The average molecular weight is 287 g/mol. The standard InChI is InChI=1S/C16H21N3O2/c1-6-17-16-15(18-10(2)11(3)19-16)13-9-12(20-4)7-8-14(13)21-5/h7-9H,6H2,1-5H3,(H,17,19). The van der Waals surface area contributed by atoms with Crippen molar-refractivity contribution < 1.29 is 9.47 Å². The Hall–Kier alpha value is -2.30. The van der Waals surface area contributed by atoms with Crippen LogP contribution in [0.1, 0.15) is 18.3 Å². The van der Waals surface area contributed by atoms with E-state index in [-0.39, 0.29) is 0 Å². The molecule has 0 unspecified atom stereocenters. The van der Waals surface area contributed by atoms with Gasteiger partial charge in [0.2, 0.25) is 0 Å². The highest BCUT2D eigenvalue weighted by molar-refractivity contribution is 5.77. The molecule has 112 valence electrons. The van der Waals surface area contributed by atoms with Gasteiger partial charge in [-0.05, 0) is 39.0 Å². The lowest BCUT2D eigenvalue weighted by molar-refractivity contribution is 0.404. The predicted molar refractivity (Wildman–Crippen MR) is 84.2 cm³/mol. The zero-order valence-corrected chi connectivity index (χ0v) is 13.2. The molecule has 1 aromatic carbocycles. The minimum absolute atomic E-state index is 0.743. The minimum Gasteiger partial charge on any atom is -0.497 e. The number of benzene rings is 1. The second-order valence-electron chi connectivity index (χ2n) is 4.69. The van der Waals surface area contributed by atoms with Crippen LogP contribution in [0.2, 0.25) is 0 Å². The number of nitrogens with zero attached hydrogens (tertiary/aromatic N) is 2. The van der Waals surface area contributed by atoms with Crippen molar-refractivity contribution in [2.75, 3.05) is 26.1 Å². The molecular formula is C16H21N3O2. The van der Waals surface area contributed by atoms with Crippen molar-refractivity contribution in [2.45, 2.75) is 20.8 Å². The summed E-state index contributed by atoms with van der Waals surface area (Å²) >= 11 is 0. The van der Waals surface area contributed by atoms with Gasteiger partial charge in [0.15, 0.2) is 5.82 Å². The fraction of sp³-hybridized carbons (Fsp3) is 0.375. The zero-order valence-electron chi connectivity index (χ0n) is 13.2. The van der Waals surface area contributed by atoms with Crippen LogP contribution in [0.4, 0.5) is 5.82 Å². The largest absolute Gasteiger partial charge is 0.497 e. The van der Waals surface area contributed by atoms with Gasteiger partial charge in [0, 0.05) is 12.1 Å². The van der Waals surface area contributed by atoms with E-state index in [0.717, 1.165) is 46.5 Å². The van der Waals surface area contributed by atoms with E-state index in [2.05, 4.69) is 15.3 Å². The first-order chi connectivity index (χ1) is 10.1. The van der Waals surface area contributed by atoms with E-state index in [4.69, 9.17) is 9.47 Å². The summed E-state index contributed by atoms with van der Waals surface area (Å²) in [4.78, 5) is 9.28. The number of anilines is 1. The molecule has 0 aliphatic rings. The van der Waals surface area contributed by atoms with Crippen molar-refractivity contribution in [2.24, 2.45) is 0 Å². The predicted octanol–water partition coefficient (Wildman–Crippen LogP) is 3.21. The monoisotopic (exact) mass is 287 g/mol. The summed E-state index contributed by atoms with van der Waals surface area (Å²) in [5, 5.41) is 3.26. The summed E-state index contributed by atoms with van der Waals surface area (Å²) in [6.45, 7) is 6.71. The van der Waals surface area contributed by atoms with Crippen LogP contribution < -0.4 is 14.8 Å². The van der Waals surface area contributed by atoms with E-state index < -0.39 is 0 Å². The molecule has 0 aliphatic heterocycles. The van der Waals surface area contributed by atoms with E-state index in [0.29, 0.717) is 0 Å². The normalized spacial score (nSPS) is 10.3. The van der Waals surface area contributed by atoms with E-state index in [1.54, 1.807) is 14.2 Å². The molecule has 0 amide bonds. The molecule has 0 saturated heterocycles. The highest BCUT2D eigenvalue weighted by Gasteiger charge is 2.16. The van der Waals surface area contributed by atoms with E-state index in [1.807, 2.05) is 39.0 Å². The maximum Gasteiger partial charge on any atom is 0.153 e. The highest BCUT2D eigenvalue weighted by atomic mass is 16.5. The summed E-state index contributed by atoms with van der Waals surface area (Å²) in [5.41, 5.74) is 3.45. The van der Waals surface area contributed by atoms with Gasteiger partial charge in [-0.25, -0.2) is 9.97 Å². The first-order valence-corrected chi connectivity index (χ1v) is 6.92. The second-order valence-corrected chi connectivity index (χ2v) is 4.69. The third-order valence-electron chi connectivity index (χ3n) is 3.31. The quantitative estimate of drug-likeness (QED) is 0.915. The SMILES string of the molecule is CCNc1nc(C)c(C)nc1-c1cc(OC)ccc1OC. The van der Waals surface area contributed by atoms with Crippen LogP contribution >= 0.6 is 0 Å². The van der Waals surface area contributed by atoms with Gasteiger partial charge in [-0.1, -0.05) is 0 Å². The molecular weight excluding hydrogens is 266 g/mol. The van der Waals surface area contributed by atoms with Crippen molar-refractivity contribution in [3.8, 4) is 22.8 Å². The zero-order chi connectivity index (χ0) is 15.4. The van der Waals surface area contributed by atoms with Gasteiger partial charge in [-0.2, -0.15) is 0 Å². The first kappa shape index (κ1) is 15.1. The summed E-state index contributed by atoms with van der Waals surface area (Å²) < 4.78 is 10.8. The topological polar surface area (TPSA) is 56.3 Å². The maximum atomic E-state index is 5.45. The molecule has 21 heavy (non-hydrogen) atoms. The Bertz CT molecular complexity index is 642. The van der Waals surface area contributed by atoms with Crippen LogP contribution in [0, 0.1) is 13.8 Å². The van der Waals surface area contributed by atoms with Crippen LogP contribution in [0.5, 0.6) is 11.5 Å². The molecule has 0 aliphatic carbocycles. The smallest absolute Gasteiger partial charge is 0.153 e. The van der Waals surface area contributed by atoms with Crippen LogP contribution in [0.3, 0.4) is 0 Å². The van der Waals surface area contributed by atoms with E-state index in [1.165, 1.54) is 0 Å². The van der Waals surface area contributed by atoms with Crippen LogP contribution in [-0.2, 0) is 0 Å². The molecule has 1 aromatic heterocycles. The molecule has 2 rings (SSSR count).